The Kier molecular flexibility index (Phi) is 8.07. The van der Waals surface area contributed by atoms with Gasteiger partial charge >= 0.3 is 24.7 Å². The maximum atomic E-state index is 12.5. The Morgan fingerprint density at radius 1 is 0.429 bits per heavy atom. The zero-order valence-corrected chi connectivity index (χ0v) is 13.8. The van der Waals surface area contributed by atoms with Crippen molar-refractivity contribution in [1.82, 2.24) is 0 Å². The van der Waals surface area contributed by atoms with Gasteiger partial charge in [-0.1, -0.05) is 24.3 Å². The molecule has 0 spiro atoms. The Labute approximate surface area is 151 Å². The molecule has 4 N–H and O–H groups in total. The summed E-state index contributed by atoms with van der Waals surface area (Å²) in [4.78, 5) is 0. The Balaban J connectivity index is 4.80. The Morgan fingerprint density at radius 2 is 0.643 bits per heavy atom. The van der Waals surface area contributed by atoms with E-state index >= 15 is 0 Å². The number of rotatable bonds is 7. The quantitative estimate of drug-likeness (QED) is 0.321. The van der Waals surface area contributed by atoms with Crippen molar-refractivity contribution in [3.05, 3.63) is 24.3 Å². The molecule has 14 heteroatoms. The van der Waals surface area contributed by atoms with E-state index in [0.29, 0.717) is 12.2 Å². The maximum absolute atomic E-state index is 12.5. The Bertz CT molecular complexity index is 473. The molecule has 0 rings (SSSR count). The van der Waals surface area contributed by atoms with Crippen LogP contribution in [0.25, 0.3) is 0 Å². The average molecular weight is 440 g/mol. The summed E-state index contributed by atoms with van der Waals surface area (Å²) in [5, 5.41) is 0. The molecule has 0 atom stereocenters. The van der Waals surface area contributed by atoms with E-state index in [1.54, 1.807) is 0 Å². The van der Waals surface area contributed by atoms with Crippen LogP contribution in [0.15, 0.2) is 24.3 Å². The van der Waals surface area contributed by atoms with Gasteiger partial charge in [-0.3, -0.25) is 0 Å². The molecule has 0 aromatic carbocycles. The van der Waals surface area contributed by atoms with E-state index in [1.165, 1.54) is 0 Å². The lowest BCUT2D eigenvalue weighted by molar-refractivity contribution is -0.296. The third-order valence-electron chi connectivity index (χ3n) is 3.74. The lowest BCUT2D eigenvalue weighted by atomic mass is 9.94. The molecule has 0 saturated heterocycles. The van der Waals surface area contributed by atoms with E-state index in [4.69, 9.17) is 0 Å². The first kappa shape index (κ1) is 26.6. The molecule has 0 amide bonds. The highest BCUT2D eigenvalue weighted by atomic mass is 19.4. The highest BCUT2D eigenvalue weighted by Crippen LogP contribution is 2.44. The van der Waals surface area contributed by atoms with Crippen LogP contribution in [0.1, 0.15) is 25.7 Å². The molecule has 0 aromatic heterocycles. The molecule has 28 heavy (non-hydrogen) atoms. The molecule has 0 aliphatic rings. The van der Waals surface area contributed by atoms with Crippen LogP contribution in [0.2, 0.25) is 0 Å². The minimum Gasteiger partial charge on any atom is -0.310 e. The molecule has 2 nitrogen and oxygen atoms in total. The van der Waals surface area contributed by atoms with Gasteiger partial charge in [0.25, 0.3) is 0 Å². The van der Waals surface area contributed by atoms with Crippen molar-refractivity contribution in [2.75, 3.05) is 0 Å². The average Bonchev–Trinajstić information content (AvgIpc) is 2.44. The van der Waals surface area contributed by atoms with Crippen molar-refractivity contribution < 1.29 is 52.7 Å². The summed E-state index contributed by atoms with van der Waals surface area (Å²) >= 11 is 0. The molecular weight excluding hydrogens is 424 g/mol. The molecule has 0 unspecified atom stereocenters. The van der Waals surface area contributed by atoms with Crippen LogP contribution in [0.5, 0.6) is 0 Å². The second-order valence-electron chi connectivity index (χ2n) is 5.86. The van der Waals surface area contributed by atoms with Gasteiger partial charge in [-0.15, -0.1) is 0 Å². The summed E-state index contributed by atoms with van der Waals surface area (Å²) in [6.07, 6.45) is -24.3. The first-order chi connectivity index (χ1) is 12.2. The van der Waals surface area contributed by atoms with E-state index in [9.17, 15) is 52.7 Å². The van der Waals surface area contributed by atoms with E-state index in [2.05, 4.69) is 11.5 Å². The maximum Gasteiger partial charge on any atom is 0.415 e. The third kappa shape index (κ3) is 6.03. The van der Waals surface area contributed by atoms with E-state index in [0.717, 1.165) is 12.2 Å². The summed E-state index contributed by atoms with van der Waals surface area (Å²) in [5.74, 6) is 0. The van der Waals surface area contributed by atoms with Gasteiger partial charge in [0.15, 0.2) is 0 Å². The SMILES string of the molecule is NC(CC=CCCC=CCC(N)(C(F)(F)F)C(F)(F)F)(C(F)(F)F)C(F)(F)F. The molecule has 166 valence electrons. The minimum absolute atomic E-state index is 0.252. The lowest BCUT2D eigenvalue weighted by Crippen LogP contribution is -2.63. The third-order valence-corrected chi connectivity index (χ3v) is 3.74. The van der Waals surface area contributed by atoms with Gasteiger partial charge in [0.2, 0.25) is 11.1 Å². The predicted octanol–water partition coefficient (Wildman–Crippen LogP) is 5.30. The molecule has 0 radical (unpaired) electrons. The summed E-state index contributed by atoms with van der Waals surface area (Å²) in [6.45, 7) is 0. The van der Waals surface area contributed by atoms with Crippen molar-refractivity contribution in [1.29, 1.82) is 0 Å². The number of hydrogen-bond acceptors (Lipinski definition) is 2. The molecule has 0 aliphatic heterocycles. The number of halogens is 12. The highest BCUT2D eigenvalue weighted by Gasteiger charge is 2.68. The molecule has 0 bridgehead atoms. The van der Waals surface area contributed by atoms with Crippen molar-refractivity contribution in [3.8, 4) is 0 Å². The van der Waals surface area contributed by atoms with E-state index in [1.807, 2.05) is 0 Å². The summed E-state index contributed by atoms with van der Waals surface area (Å²) in [7, 11) is 0. The second-order valence-corrected chi connectivity index (χ2v) is 5.86. The van der Waals surface area contributed by atoms with Gasteiger partial charge in [-0.2, -0.15) is 52.7 Å². The fourth-order valence-electron chi connectivity index (χ4n) is 1.75. The number of allylic oxidation sites excluding steroid dienone is 2. The number of alkyl halides is 12. The van der Waals surface area contributed by atoms with Crippen molar-refractivity contribution in [2.45, 2.75) is 61.5 Å². The minimum atomic E-state index is -5.78. The molecule has 0 aliphatic carbocycles. The molecule has 0 fully saturated rings. The first-order valence-corrected chi connectivity index (χ1v) is 7.35. The monoisotopic (exact) mass is 440 g/mol. The van der Waals surface area contributed by atoms with Crippen LogP contribution >= 0.6 is 0 Å². The van der Waals surface area contributed by atoms with Crippen LogP contribution in [0.4, 0.5) is 52.7 Å². The molecular formula is C14H16F12N2. The first-order valence-electron chi connectivity index (χ1n) is 7.35. The number of nitrogens with two attached hydrogens (primary N) is 2. The fourth-order valence-corrected chi connectivity index (χ4v) is 1.75. The van der Waals surface area contributed by atoms with Crippen molar-refractivity contribution in [3.63, 3.8) is 0 Å². The highest BCUT2D eigenvalue weighted by molar-refractivity contribution is 5.06. The zero-order chi connectivity index (χ0) is 22.7. The molecule has 0 saturated carbocycles. The van der Waals surface area contributed by atoms with Crippen LogP contribution in [0, 0.1) is 0 Å². The van der Waals surface area contributed by atoms with Crippen LogP contribution in [0.3, 0.4) is 0 Å². The Hall–Kier alpha value is -1.44. The van der Waals surface area contributed by atoms with Gasteiger partial charge in [-0.05, 0) is 12.8 Å². The van der Waals surface area contributed by atoms with Gasteiger partial charge in [0.05, 0.1) is 0 Å². The fraction of sp³-hybridized carbons (Fsp3) is 0.714. The normalized spacial score (nSPS) is 15.8. The summed E-state index contributed by atoms with van der Waals surface area (Å²) in [6, 6.07) is 0. The van der Waals surface area contributed by atoms with Gasteiger partial charge in [0, 0.05) is 12.8 Å². The van der Waals surface area contributed by atoms with Gasteiger partial charge in [-0.25, -0.2) is 0 Å². The zero-order valence-electron chi connectivity index (χ0n) is 13.8. The van der Waals surface area contributed by atoms with E-state index < -0.39 is 48.6 Å². The summed E-state index contributed by atoms with van der Waals surface area (Å²) in [5.41, 5.74) is -0.159. The standard InChI is InChI=1S/C14H16F12N2/c15-11(16,17)9(27,12(18,19)20)7-5-3-1-2-4-6-8-10(28,13(21,22)23)14(24,25)26/h3-6H,1-2,7-8,27-28H2. The lowest BCUT2D eigenvalue weighted by Gasteiger charge is -2.32. The Morgan fingerprint density at radius 3 is 0.821 bits per heavy atom. The largest absolute Gasteiger partial charge is 0.415 e. The molecule has 0 heterocycles. The number of unbranched alkanes of at least 4 members (excludes halogenated alkanes) is 1. The van der Waals surface area contributed by atoms with Crippen LogP contribution in [-0.4, -0.2) is 35.8 Å². The topological polar surface area (TPSA) is 52.0 Å². The predicted molar refractivity (Wildman–Crippen MR) is 74.8 cm³/mol. The van der Waals surface area contributed by atoms with E-state index in [-0.39, 0.29) is 12.8 Å². The summed E-state index contributed by atoms with van der Waals surface area (Å²) < 4.78 is 150. The van der Waals surface area contributed by atoms with Gasteiger partial charge < -0.3 is 11.5 Å². The van der Waals surface area contributed by atoms with Gasteiger partial charge in [0.1, 0.15) is 0 Å². The smallest absolute Gasteiger partial charge is 0.310 e. The van der Waals surface area contributed by atoms with Crippen LogP contribution in [-0.2, 0) is 0 Å². The van der Waals surface area contributed by atoms with Crippen LogP contribution < -0.4 is 11.5 Å². The van der Waals surface area contributed by atoms with Crippen molar-refractivity contribution in [2.24, 2.45) is 11.5 Å². The molecule has 0 aromatic rings. The number of hydrogen-bond donors (Lipinski definition) is 2. The second kappa shape index (κ2) is 8.51. The van der Waals surface area contributed by atoms with Crippen molar-refractivity contribution >= 4 is 0 Å².